The average Bonchev–Trinajstić information content (AvgIpc) is 2.63. The molecule has 4 N–H and O–H groups in total. The van der Waals surface area contributed by atoms with Crippen molar-refractivity contribution in [2.24, 2.45) is 5.73 Å². The van der Waals surface area contributed by atoms with Gasteiger partial charge in [-0.25, -0.2) is 10.9 Å². The molecule has 2 unspecified atom stereocenters. The molecule has 0 spiro atoms. The van der Waals surface area contributed by atoms with Crippen LogP contribution in [-0.4, -0.2) is 6.17 Å². The molecule has 86 valence electrons. The molecule has 0 radical (unpaired) electrons. The molecule has 1 aromatic rings. The van der Waals surface area contributed by atoms with Crippen LogP contribution >= 0.6 is 0 Å². The highest BCUT2D eigenvalue weighted by Crippen LogP contribution is 2.37. The van der Waals surface area contributed by atoms with Gasteiger partial charge in [-0.05, 0) is 36.3 Å². The van der Waals surface area contributed by atoms with Gasteiger partial charge in [0.05, 0.1) is 6.17 Å². The monoisotopic (exact) mass is 217 g/mol. The van der Waals surface area contributed by atoms with E-state index in [0.29, 0.717) is 6.04 Å². The van der Waals surface area contributed by atoms with Crippen molar-refractivity contribution in [3.05, 3.63) is 35.4 Å². The first-order valence-corrected chi connectivity index (χ1v) is 6.19. The molecule has 3 heteroatoms. The Morgan fingerprint density at radius 2 is 1.94 bits per heavy atom. The van der Waals surface area contributed by atoms with Crippen LogP contribution in [0.3, 0.4) is 0 Å². The molecule has 16 heavy (non-hydrogen) atoms. The summed E-state index contributed by atoms with van der Waals surface area (Å²) in [5.74, 6) is 0.808. The summed E-state index contributed by atoms with van der Waals surface area (Å²) in [6.45, 7) is 0. The van der Waals surface area contributed by atoms with E-state index < -0.39 is 0 Å². The Bertz CT molecular complexity index is 373. The number of hydrogen-bond acceptors (Lipinski definition) is 3. The van der Waals surface area contributed by atoms with Crippen molar-refractivity contribution < 1.29 is 0 Å². The van der Waals surface area contributed by atoms with Gasteiger partial charge in [0.25, 0.3) is 0 Å². The van der Waals surface area contributed by atoms with Gasteiger partial charge >= 0.3 is 0 Å². The number of hydrogen-bond donors (Lipinski definition) is 3. The Hall–Kier alpha value is -0.900. The maximum absolute atomic E-state index is 5.82. The number of benzene rings is 1. The van der Waals surface area contributed by atoms with Crippen LogP contribution in [0.25, 0.3) is 0 Å². The van der Waals surface area contributed by atoms with Gasteiger partial charge in [-0.15, -0.1) is 0 Å². The van der Waals surface area contributed by atoms with E-state index in [1.807, 2.05) is 0 Å². The van der Waals surface area contributed by atoms with E-state index in [0.717, 1.165) is 12.3 Å². The lowest BCUT2D eigenvalue weighted by atomic mass is 9.79. The lowest BCUT2D eigenvalue weighted by Gasteiger charge is -2.26. The summed E-state index contributed by atoms with van der Waals surface area (Å²) in [6, 6.07) is 9.35. The second kappa shape index (κ2) is 4.17. The van der Waals surface area contributed by atoms with Crippen LogP contribution in [0.1, 0.15) is 48.8 Å². The van der Waals surface area contributed by atoms with Crippen molar-refractivity contribution in [1.29, 1.82) is 0 Å². The van der Waals surface area contributed by atoms with Crippen LogP contribution in [0.2, 0.25) is 0 Å². The van der Waals surface area contributed by atoms with E-state index in [9.17, 15) is 0 Å². The smallest absolute Gasteiger partial charge is 0.0698 e. The summed E-state index contributed by atoms with van der Waals surface area (Å²) in [5.41, 5.74) is 15.0. The average molecular weight is 217 g/mol. The lowest BCUT2D eigenvalue weighted by molar-refractivity contribution is 0.419. The van der Waals surface area contributed by atoms with E-state index in [-0.39, 0.29) is 6.17 Å². The molecule has 3 nitrogen and oxygen atoms in total. The van der Waals surface area contributed by atoms with E-state index in [1.54, 1.807) is 0 Å². The Morgan fingerprint density at radius 1 is 1.12 bits per heavy atom. The first kappa shape index (κ1) is 10.3. The molecule has 2 atom stereocenters. The zero-order valence-corrected chi connectivity index (χ0v) is 9.45. The fraction of sp³-hybridized carbons (Fsp3) is 0.538. The van der Waals surface area contributed by atoms with Crippen molar-refractivity contribution >= 4 is 0 Å². The van der Waals surface area contributed by atoms with Gasteiger partial charge in [-0.1, -0.05) is 30.7 Å². The van der Waals surface area contributed by atoms with Crippen LogP contribution in [-0.2, 0) is 0 Å². The molecule has 0 bridgehead atoms. The second-order valence-electron chi connectivity index (χ2n) is 4.98. The predicted octanol–water partition coefficient (Wildman–Crippen LogP) is 1.78. The van der Waals surface area contributed by atoms with Crippen molar-refractivity contribution in [3.63, 3.8) is 0 Å². The highest BCUT2D eigenvalue weighted by molar-refractivity contribution is 5.30. The minimum Gasteiger partial charge on any atom is -0.315 e. The molecule has 0 amide bonds. The third-order valence-electron chi connectivity index (χ3n) is 3.82. The van der Waals surface area contributed by atoms with E-state index >= 15 is 0 Å². The van der Waals surface area contributed by atoms with Crippen LogP contribution in [0.15, 0.2) is 24.3 Å². The van der Waals surface area contributed by atoms with Crippen LogP contribution in [0.5, 0.6) is 0 Å². The molecule has 1 saturated carbocycles. The summed E-state index contributed by atoms with van der Waals surface area (Å²) in [4.78, 5) is 0. The Labute approximate surface area is 96.4 Å². The molecule has 2 aliphatic rings. The van der Waals surface area contributed by atoms with Crippen molar-refractivity contribution in [3.8, 4) is 0 Å². The van der Waals surface area contributed by atoms with Crippen LogP contribution in [0, 0.1) is 0 Å². The molecule has 3 rings (SSSR count). The summed E-state index contributed by atoms with van der Waals surface area (Å²) in [7, 11) is 0. The molecule has 1 aliphatic carbocycles. The molecule has 1 heterocycles. The van der Waals surface area contributed by atoms with Gasteiger partial charge in [0.15, 0.2) is 0 Å². The largest absolute Gasteiger partial charge is 0.315 e. The van der Waals surface area contributed by atoms with Gasteiger partial charge < -0.3 is 5.73 Å². The van der Waals surface area contributed by atoms with Crippen LogP contribution < -0.4 is 16.6 Å². The highest BCUT2D eigenvalue weighted by Gasteiger charge is 2.24. The number of rotatable bonds is 2. The molecular formula is C13H19N3. The summed E-state index contributed by atoms with van der Waals surface area (Å²) < 4.78 is 0. The van der Waals surface area contributed by atoms with Crippen molar-refractivity contribution in [2.45, 2.75) is 43.8 Å². The van der Waals surface area contributed by atoms with E-state index in [1.165, 1.54) is 30.4 Å². The minimum atomic E-state index is 0.0809. The van der Waals surface area contributed by atoms with Gasteiger partial charge in [-0.3, -0.25) is 0 Å². The fourth-order valence-electron chi connectivity index (χ4n) is 2.57. The number of hydrazine groups is 1. The SMILES string of the molecule is NC1CC(c2cccc(C3CCC3)c2)NN1. The Morgan fingerprint density at radius 3 is 2.56 bits per heavy atom. The molecule has 0 aromatic heterocycles. The lowest BCUT2D eigenvalue weighted by Crippen LogP contribution is -2.36. The van der Waals surface area contributed by atoms with E-state index in [2.05, 4.69) is 35.1 Å². The normalized spacial score (nSPS) is 30.3. The number of nitrogens with one attached hydrogen (secondary N) is 2. The molecule has 1 aliphatic heterocycles. The summed E-state index contributed by atoms with van der Waals surface area (Å²) >= 11 is 0. The third kappa shape index (κ3) is 1.86. The molecular weight excluding hydrogens is 198 g/mol. The molecule has 1 saturated heterocycles. The first-order valence-electron chi connectivity index (χ1n) is 6.19. The Kier molecular flexibility index (Phi) is 2.67. The van der Waals surface area contributed by atoms with Gasteiger partial charge in [0.2, 0.25) is 0 Å². The maximum Gasteiger partial charge on any atom is 0.0698 e. The quantitative estimate of drug-likeness (QED) is 0.707. The zero-order valence-electron chi connectivity index (χ0n) is 9.45. The van der Waals surface area contributed by atoms with Crippen molar-refractivity contribution in [1.82, 2.24) is 10.9 Å². The first-order chi connectivity index (χ1) is 7.83. The van der Waals surface area contributed by atoms with Gasteiger partial charge in [-0.2, -0.15) is 0 Å². The second-order valence-corrected chi connectivity index (χ2v) is 4.98. The predicted molar refractivity (Wildman–Crippen MR) is 64.6 cm³/mol. The van der Waals surface area contributed by atoms with E-state index in [4.69, 9.17) is 5.73 Å². The number of nitrogens with two attached hydrogens (primary N) is 1. The fourth-order valence-corrected chi connectivity index (χ4v) is 2.57. The summed E-state index contributed by atoms with van der Waals surface area (Å²) in [6.07, 6.45) is 5.16. The third-order valence-corrected chi connectivity index (χ3v) is 3.82. The molecule has 1 aromatic carbocycles. The zero-order chi connectivity index (χ0) is 11.0. The Balaban J connectivity index is 1.79. The summed E-state index contributed by atoms with van der Waals surface area (Å²) in [5, 5.41) is 0. The highest BCUT2D eigenvalue weighted by atomic mass is 15.4. The van der Waals surface area contributed by atoms with Gasteiger partial charge in [0, 0.05) is 6.04 Å². The topological polar surface area (TPSA) is 50.1 Å². The minimum absolute atomic E-state index is 0.0809. The van der Waals surface area contributed by atoms with Crippen molar-refractivity contribution in [2.75, 3.05) is 0 Å². The van der Waals surface area contributed by atoms with Crippen LogP contribution in [0.4, 0.5) is 0 Å². The molecule has 2 fully saturated rings. The van der Waals surface area contributed by atoms with Gasteiger partial charge in [0.1, 0.15) is 0 Å². The maximum atomic E-state index is 5.82. The standard InChI is InChI=1S/C13H19N3/c14-13-8-12(15-16-13)11-6-2-5-10(7-11)9-3-1-4-9/h2,5-7,9,12-13,15-16H,1,3-4,8,14H2.